The average molecular weight is 168 g/mol. The first-order chi connectivity index (χ1) is 5.79. The number of nitriles is 1. The van der Waals surface area contributed by atoms with E-state index >= 15 is 0 Å². The Morgan fingerprint density at radius 3 is 2.33 bits per heavy atom. The summed E-state index contributed by atoms with van der Waals surface area (Å²) in [5, 5.41) is 8.84. The zero-order valence-corrected chi connectivity index (χ0v) is 8.51. The molecule has 0 bridgehead atoms. The fourth-order valence-electron chi connectivity index (χ4n) is 1.33. The largest absolute Gasteiger partial charge is 0.288 e. The molecule has 0 N–H and O–H groups in total. The molecule has 0 aromatic rings. The SMILES string of the molecule is CCCCN(CC)C(C#N)CC. The molecule has 0 amide bonds. The number of hydrogen-bond donors (Lipinski definition) is 0. The van der Waals surface area contributed by atoms with Gasteiger partial charge in [-0.1, -0.05) is 27.2 Å². The molecule has 0 fully saturated rings. The van der Waals surface area contributed by atoms with E-state index in [1.807, 2.05) is 0 Å². The Hall–Kier alpha value is -0.550. The van der Waals surface area contributed by atoms with Gasteiger partial charge in [-0.05, 0) is 25.9 Å². The number of hydrogen-bond acceptors (Lipinski definition) is 2. The summed E-state index contributed by atoms with van der Waals surface area (Å²) in [7, 11) is 0. The summed E-state index contributed by atoms with van der Waals surface area (Å²) in [4.78, 5) is 2.25. The normalized spacial score (nSPS) is 12.9. The van der Waals surface area contributed by atoms with E-state index in [0.29, 0.717) is 0 Å². The van der Waals surface area contributed by atoms with Crippen LogP contribution in [0.4, 0.5) is 0 Å². The minimum atomic E-state index is 0.126. The smallest absolute Gasteiger partial charge is 0.0975 e. The molecule has 0 radical (unpaired) electrons. The van der Waals surface area contributed by atoms with Crippen LogP contribution in [0.15, 0.2) is 0 Å². The van der Waals surface area contributed by atoms with Crippen LogP contribution in [0, 0.1) is 11.3 Å². The standard InChI is InChI=1S/C10H20N2/c1-4-7-8-12(6-3)10(5-2)9-11/h10H,4-8H2,1-3H3. The molecule has 70 valence electrons. The molecule has 2 heteroatoms. The highest BCUT2D eigenvalue weighted by molar-refractivity contribution is 4.90. The number of nitrogens with zero attached hydrogens (tertiary/aromatic N) is 2. The predicted octanol–water partition coefficient (Wildman–Crippen LogP) is 2.41. The topological polar surface area (TPSA) is 27.0 Å². The molecule has 0 heterocycles. The highest BCUT2D eigenvalue weighted by atomic mass is 15.1. The first kappa shape index (κ1) is 11.4. The zero-order valence-electron chi connectivity index (χ0n) is 8.51. The molecule has 0 saturated heterocycles. The van der Waals surface area contributed by atoms with Gasteiger partial charge in [0.2, 0.25) is 0 Å². The molecule has 0 aliphatic carbocycles. The predicted molar refractivity (Wildman–Crippen MR) is 51.8 cm³/mol. The Morgan fingerprint density at radius 1 is 1.33 bits per heavy atom. The van der Waals surface area contributed by atoms with Crippen molar-refractivity contribution >= 4 is 0 Å². The summed E-state index contributed by atoms with van der Waals surface area (Å²) >= 11 is 0. The van der Waals surface area contributed by atoms with Crippen molar-refractivity contribution in [3.8, 4) is 6.07 Å². The summed E-state index contributed by atoms with van der Waals surface area (Å²) < 4.78 is 0. The highest BCUT2D eigenvalue weighted by Crippen LogP contribution is 2.04. The number of rotatable bonds is 6. The molecule has 0 rings (SSSR count). The van der Waals surface area contributed by atoms with Gasteiger partial charge in [0.1, 0.15) is 0 Å². The van der Waals surface area contributed by atoms with Crippen LogP contribution in [0.1, 0.15) is 40.0 Å². The summed E-state index contributed by atoms with van der Waals surface area (Å²) in [6.45, 7) is 8.43. The van der Waals surface area contributed by atoms with E-state index in [1.54, 1.807) is 0 Å². The lowest BCUT2D eigenvalue weighted by Crippen LogP contribution is -2.34. The summed E-state index contributed by atoms with van der Waals surface area (Å²) in [6, 6.07) is 2.46. The second-order valence-corrected chi connectivity index (χ2v) is 3.04. The Kier molecular flexibility index (Phi) is 6.79. The lowest BCUT2D eigenvalue weighted by atomic mass is 10.2. The number of unbranched alkanes of at least 4 members (excludes halogenated alkanes) is 1. The molecule has 0 aromatic carbocycles. The average Bonchev–Trinajstić information content (AvgIpc) is 2.12. The van der Waals surface area contributed by atoms with Gasteiger partial charge in [-0.2, -0.15) is 5.26 Å². The molecule has 0 aliphatic rings. The lowest BCUT2D eigenvalue weighted by molar-refractivity contribution is 0.237. The fourth-order valence-corrected chi connectivity index (χ4v) is 1.33. The van der Waals surface area contributed by atoms with E-state index in [0.717, 1.165) is 19.5 Å². The third kappa shape index (κ3) is 3.73. The van der Waals surface area contributed by atoms with E-state index < -0.39 is 0 Å². The third-order valence-electron chi connectivity index (χ3n) is 2.18. The van der Waals surface area contributed by atoms with Gasteiger partial charge in [0.15, 0.2) is 0 Å². The molecule has 0 aromatic heterocycles. The van der Waals surface area contributed by atoms with E-state index in [9.17, 15) is 0 Å². The Balaban J connectivity index is 3.86. The van der Waals surface area contributed by atoms with Crippen LogP contribution in [0.25, 0.3) is 0 Å². The van der Waals surface area contributed by atoms with Gasteiger partial charge in [0.05, 0.1) is 12.1 Å². The monoisotopic (exact) mass is 168 g/mol. The van der Waals surface area contributed by atoms with Gasteiger partial charge < -0.3 is 0 Å². The summed E-state index contributed by atoms with van der Waals surface area (Å²) in [6.07, 6.45) is 3.35. The van der Waals surface area contributed by atoms with Gasteiger partial charge in [0.25, 0.3) is 0 Å². The Bertz CT molecular complexity index is 137. The van der Waals surface area contributed by atoms with Crippen LogP contribution >= 0.6 is 0 Å². The van der Waals surface area contributed by atoms with E-state index in [-0.39, 0.29) is 6.04 Å². The fraction of sp³-hybridized carbons (Fsp3) is 0.900. The van der Waals surface area contributed by atoms with Gasteiger partial charge in [-0.15, -0.1) is 0 Å². The molecule has 2 nitrogen and oxygen atoms in total. The maximum Gasteiger partial charge on any atom is 0.0975 e. The van der Waals surface area contributed by atoms with Crippen LogP contribution in [-0.4, -0.2) is 24.0 Å². The maximum atomic E-state index is 8.84. The Morgan fingerprint density at radius 2 is 2.00 bits per heavy atom. The van der Waals surface area contributed by atoms with Crippen molar-refractivity contribution in [2.75, 3.05) is 13.1 Å². The van der Waals surface area contributed by atoms with Gasteiger partial charge in [0, 0.05) is 0 Å². The van der Waals surface area contributed by atoms with E-state index in [2.05, 4.69) is 31.7 Å². The van der Waals surface area contributed by atoms with Crippen LogP contribution < -0.4 is 0 Å². The second kappa shape index (κ2) is 7.12. The van der Waals surface area contributed by atoms with Crippen molar-refractivity contribution in [2.45, 2.75) is 46.1 Å². The van der Waals surface area contributed by atoms with Crippen molar-refractivity contribution in [3.63, 3.8) is 0 Å². The molecule has 0 aliphatic heterocycles. The van der Waals surface area contributed by atoms with Crippen LogP contribution in [0.3, 0.4) is 0 Å². The van der Waals surface area contributed by atoms with Crippen LogP contribution in [0.5, 0.6) is 0 Å². The minimum absolute atomic E-state index is 0.126. The van der Waals surface area contributed by atoms with Crippen molar-refractivity contribution in [1.82, 2.24) is 4.90 Å². The first-order valence-corrected chi connectivity index (χ1v) is 4.93. The summed E-state index contributed by atoms with van der Waals surface area (Å²) in [5.74, 6) is 0. The van der Waals surface area contributed by atoms with Crippen molar-refractivity contribution in [1.29, 1.82) is 5.26 Å². The van der Waals surface area contributed by atoms with Gasteiger partial charge in [-0.25, -0.2) is 0 Å². The molecule has 1 atom stereocenters. The molecule has 0 spiro atoms. The molecular formula is C10H20N2. The van der Waals surface area contributed by atoms with Crippen molar-refractivity contribution in [2.24, 2.45) is 0 Å². The molecular weight excluding hydrogens is 148 g/mol. The van der Waals surface area contributed by atoms with Crippen LogP contribution in [0.2, 0.25) is 0 Å². The van der Waals surface area contributed by atoms with E-state index in [4.69, 9.17) is 5.26 Å². The lowest BCUT2D eigenvalue weighted by Gasteiger charge is -2.24. The van der Waals surface area contributed by atoms with Crippen LogP contribution in [-0.2, 0) is 0 Å². The zero-order chi connectivity index (χ0) is 9.40. The highest BCUT2D eigenvalue weighted by Gasteiger charge is 2.12. The quantitative estimate of drug-likeness (QED) is 0.609. The molecule has 0 saturated carbocycles. The van der Waals surface area contributed by atoms with Crippen molar-refractivity contribution < 1.29 is 0 Å². The second-order valence-electron chi connectivity index (χ2n) is 3.04. The molecule has 1 unspecified atom stereocenters. The Labute approximate surface area is 76.2 Å². The minimum Gasteiger partial charge on any atom is -0.288 e. The summed E-state index contributed by atoms with van der Waals surface area (Å²) in [5.41, 5.74) is 0. The van der Waals surface area contributed by atoms with Crippen molar-refractivity contribution in [3.05, 3.63) is 0 Å². The van der Waals surface area contributed by atoms with E-state index in [1.165, 1.54) is 12.8 Å². The molecule has 12 heavy (non-hydrogen) atoms. The first-order valence-electron chi connectivity index (χ1n) is 4.93. The van der Waals surface area contributed by atoms with Gasteiger partial charge in [-0.3, -0.25) is 4.90 Å². The maximum absolute atomic E-state index is 8.84. The third-order valence-corrected chi connectivity index (χ3v) is 2.18. The van der Waals surface area contributed by atoms with Gasteiger partial charge >= 0.3 is 0 Å².